The number of nitrogens with zero attached hydrogens (tertiary/aromatic N) is 2. The quantitative estimate of drug-likeness (QED) is 0.247. The normalized spacial score (nSPS) is 17.0. The standard InChI is InChI=1S/C33H29Cl2FN4O4/c1-44-30-11-9-22(14-25(30)35)37-33(43)20-8-10-29(27(13-20)38-31(41)15-23-24(34)4-2-5-26(23)36)39-16-19-12-21(18-39)28-6-3-7-32(42)40(28)17-19/h2-11,13-14,19,21H,12,15-18H2,1H3,(H,37,43)(H,38,41)/t19-,21+/m1/s1. The minimum atomic E-state index is -0.572. The second-order valence-corrected chi connectivity index (χ2v) is 11.9. The Kier molecular flexibility index (Phi) is 8.33. The van der Waals surface area contributed by atoms with Crippen molar-refractivity contribution >= 4 is 52.1 Å². The summed E-state index contributed by atoms with van der Waals surface area (Å²) in [4.78, 5) is 41.3. The van der Waals surface area contributed by atoms with E-state index in [-0.39, 0.29) is 34.4 Å². The summed E-state index contributed by atoms with van der Waals surface area (Å²) in [5.74, 6) is -0.629. The second kappa shape index (κ2) is 12.3. The molecule has 11 heteroatoms. The van der Waals surface area contributed by atoms with Crippen molar-refractivity contribution in [1.82, 2.24) is 4.57 Å². The van der Waals surface area contributed by atoms with E-state index >= 15 is 0 Å². The van der Waals surface area contributed by atoms with Crippen LogP contribution >= 0.6 is 23.2 Å². The zero-order chi connectivity index (χ0) is 31.0. The van der Waals surface area contributed by atoms with Gasteiger partial charge in [0.2, 0.25) is 5.91 Å². The van der Waals surface area contributed by atoms with E-state index in [4.69, 9.17) is 27.9 Å². The Bertz CT molecular complexity index is 1810. The maximum Gasteiger partial charge on any atom is 0.255 e. The molecule has 6 rings (SSSR count). The zero-order valence-corrected chi connectivity index (χ0v) is 25.3. The van der Waals surface area contributed by atoms with Crippen LogP contribution < -0.4 is 25.8 Å². The van der Waals surface area contributed by atoms with Gasteiger partial charge in [-0.3, -0.25) is 14.4 Å². The summed E-state index contributed by atoms with van der Waals surface area (Å²) in [5, 5.41) is 6.24. The molecule has 3 aromatic carbocycles. The minimum Gasteiger partial charge on any atom is -0.495 e. The summed E-state index contributed by atoms with van der Waals surface area (Å²) in [6, 6.07) is 19.7. The largest absolute Gasteiger partial charge is 0.495 e. The highest BCUT2D eigenvalue weighted by Gasteiger charge is 2.35. The molecule has 4 aromatic rings. The number of carbonyl (C=O) groups is 2. The minimum absolute atomic E-state index is 0.001000. The van der Waals surface area contributed by atoms with Crippen molar-refractivity contribution in [3.8, 4) is 5.75 Å². The fourth-order valence-electron chi connectivity index (χ4n) is 6.15. The SMILES string of the molecule is COc1ccc(NC(=O)c2ccc(N3C[C@H]4C[C@@H](C3)c3cccc(=O)n3C4)c(NC(=O)Cc3c(F)cccc3Cl)c2)cc1Cl. The van der Waals surface area contributed by atoms with Crippen molar-refractivity contribution in [2.24, 2.45) is 5.92 Å². The highest BCUT2D eigenvalue weighted by Crippen LogP contribution is 2.39. The third-order valence-corrected chi connectivity index (χ3v) is 8.81. The van der Waals surface area contributed by atoms with Gasteiger partial charge in [-0.1, -0.05) is 35.3 Å². The second-order valence-electron chi connectivity index (χ2n) is 11.1. The van der Waals surface area contributed by atoms with Gasteiger partial charge in [0.1, 0.15) is 11.6 Å². The lowest BCUT2D eigenvalue weighted by Gasteiger charge is -2.44. The third kappa shape index (κ3) is 6.02. The summed E-state index contributed by atoms with van der Waals surface area (Å²) >= 11 is 12.4. The molecule has 2 bridgehead atoms. The summed E-state index contributed by atoms with van der Waals surface area (Å²) < 4.78 is 21.5. The van der Waals surface area contributed by atoms with Crippen LogP contribution in [0.5, 0.6) is 5.75 Å². The first-order chi connectivity index (χ1) is 21.2. The molecule has 0 aliphatic carbocycles. The zero-order valence-electron chi connectivity index (χ0n) is 23.8. The number of nitrogens with one attached hydrogen (secondary N) is 2. The number of pyridine rings is 1. The molecule has 226 valence electrons. The van der Waals surface area contributed by atoms with Crippen molar-refractivity contribution in [1.29, 1.82) is 0 Å². The molecule has 0 spiro atoms. The van der Waals surface area contributed by atoms with Gasteiger partial charge in [-0.2, -0.15) is 0 Å². The van der Waals surface area contributed by atoms with Gasteiger partial charge in [0.05, 0.1) is 29.9 Å². The highest BCUT2D eigenvalue weighted by molar-refractivity contribution is 6.32. The molecule has 8 nitrogen and oxygen atoms in total. The maximum absolute atomic E-state index is 14.5. The molecule has 1 saturated heterocycles. The highest BCUT2D eigenvalue weighted by atomic mass is 35.5. The van der Waals surface area contributed by atoms with Crippen molar-refractivity contribution in [2.45, 2.75) is 25.3 Å². The van der Waals surface area contributed by atoms with Crippen LogP contribution in [0.1, 0.15) is 34.0 Å². The molecule has 44 heavy (non-hydrogen) atoms. The van der Waals surface area contributed by atoms with Crippen LogP contribution in [-0.4, -0.2) is 36.6 Å². The van der Waals surface area contributed by atoms with Gasteiger partial charge in [-0.05, 0) is 66.9 Å². The number of halogens is 3. The van der Waals surface area contributed by atoms with Gasteiger partial charge in [-0.25, -0.2) is 4.39 Å². The Morgan fingerprint density at radius 3 is 2.55 bits per heavy atom. The van der Waals surface area contributed by atoms with Crippen LogP contribution in [0, 0.1) is 11.7 Å². The van der Waals surface area contributed by atoms with E-state index in [2.05, 4.69) is 15.5 Å². The Morgan fingerprint density at radius 1 is 0.955 bits per heavy atom. The Hall–Kier alpha value is -4.34. The van der Waals surface area contributed by atoms with Gasteiger partial charge < -0.3 is 24.8 Å². The molecule has 2 atom stereocenters. The van der Waals surface area contributed by atoms with E-state index in [9.17, 15) is 18.8 Å². The average molecular weight is 636 g/mol. The number of ether oxygens (including phenoxy) is 1. The molecule has 2 amide bonds. The number of rotatable bonds is 7. The van der Waals surface area contributed by atoms with Gasteiger partial charge >= 0.3 is 0 Å². The van der Waals surface area contributed by atoms with Crippen LogP contribution in [0.3, 0.4) is 0 Å². The van der Waals surface area contributed by atoms with E-state index in [1.165, 1.54) is 25.3 Å². The monoisotopic (exact) mass is 634 g/mol. The predicted octanol–water partition coefficient (Wildman–Crippen LogP) is 6.36. The summed E-state index contributed by atoms with van der Waals surface area (Å²) in [6.45, 7) is 1.90. The van der Waals surface area contributed by atoms with E-state index < -0.39 is 17.6 Å². The van der Waals surface area contributed by atoms with Crippen molar-refractivity contribution < 1.29 is 18.7 Å². The molecule has 2 N–H and O–H groups in total. The van der Waals surface area contributed by atoms with Crippen molar-refractivity contribution in [2.75, 3.05) is 35.7 Å². The number of hydrogen-bond donors (Lipinski definition) is 2. The summed E-state index contributed by atoms with van der Waals surface area (Å²) in [6.07, 6.45) is 0.672. The molecule has 3 heterocycles. The van der Waals surface area contributed by atoms with Crippen LogP contribution in [-0.2, 0) is 17.8 Å². The number of methoxy groups -OCH3 is 1. The molecule has 1 aromatic heterocycles. The van der Waals surface area contributed by atoms with Crippen LogP contribution in [0.2, 0.25) is 10.0 Å². The molecular weight excluding hydrogens is 606 g/mol. The summed E-state index contributed by atoms with van der Waals surface area (Å²) in [5.41, 5.74) is 2.99. The number of benzene rings is 3. The van der Waals surface area contributed by atoms with E-state index in [1.54, 1.807) is 48.5 Å². The van der Waals surface area contributed by atoms with E-state index in [0.29, 0.717) is 47.3 Å². The van der Waals surface area contributed by atoms with Gasteiger partial charge in [0.25, 0.3) is 11.5 Å². The molecule has 0 radical (unpaired) electrons. The van der Waals surface area contributed by atoms with Gasteiger partial charge in [0.15, 0.2) is 0 Å². The predicted molar refractivity (Wildman–Crippen MR) is 170 cm³/mol. The maximum atomic E-state index is 14.5. The van der Waals surface area contributed by atoms with Crippen molar-refractivity contribution in [3.05, 3.63) is 116 Å². The number of anilines is 3. The van der Waals surface area contributed by atoms with Crippen LogP contribution in [0.15, 0.2) is 77.6 Å². The van der Waals surface area contributed by atoms with Gasteiger partial charge in [-0.15, -0.1) is 0 Å². The number of carbonyl (C=O) groups excluding carboxylic acids is 2. The summed E-state index contributed by atoms with van der Waals surface area (Å²) in [7, 11) is 1.51. The number of aromatic nitrogens is 1. The molecule has 1 fully saturated rings. The van der Waals surface area contributed by atoms with E-state index in [1.807, 2.05) is 10.6 Å². The smallest absolute Gasteiger partial charge is 0.255 e. The lowest BCUT2D eigenvalue weighted by atomic mass is 9.83. The van der Waals surface area contributed by atoms with Gasteiger partial charge in [0, 0.05) is 59.1 Å². The molecule has 0 saturated carbocycles. The van der Waals surface area contributed by atoms with Crippen LogP contribution in [0.25, 0.3) is 0 Å². The first kappa shape index (κ1) is 29.7. The Morgan fingerprint density at radius 2 is 1.77 bits per heavy atom. The number of amides is 2. The first-order valence-corrected chi connectivity index (χ1v) is 14.9. The van der Waals surface area contributed by atoms with Crippen molar-refractivity contribution in [3.63, 3.8) is 0 Å². The average Bonchev–Trinajstić information content (AvgIpc) is 2.99. The molecular formula is C33H29Cl2FN4O4. The third-order valence-electron chi connectivity index (χ3n) is 8.16. The number of fused-ring (bicyclic) bond motifs is 4. The number of hydrogen-bond acceptors (Lipinski definition) is 5. The van der Waals surface area contributed by atoms with E-state index in [0.717, 1.165) is 17.8 Å². The molecule has 2 aliphatic heterocycles. The fourth-order valence-corrected chi connectivity index (χ4v) is 6.64. The molecule has 2 aliphatic rings. The Balaban J connectivity index is 1.31. The first-order valence-electron chi connectivity index (χ1n) is 14.2. The molecule has 0 unspecified atom stereocenters. The lowest BCUT2D eigenvalue weighted by Crippen LogP contribution is -2.47. The fraction of sp³-hybridized carbons (Fsp3) is 0.242. The lowest BCUT2D eigenvalue weighted by molar-refractivity contribution is -0.115. The van der Waals surface area contributed by atoms with Crippen LogP contribution in [0.4, 0.5) is 21.5 Å². The topological polar surface area (TPSA) is 92.7 Å². The Labute approximate surface area is 263 Å². The number of piperidine rings is 1.